The molecule has 1 rings (SSSR count). The molecule has 0 atom stereocenters. The molecule has 2 amide bonds. The van der Waals surface area contributed by atoms with Crippen molar-refractivity contribution in [3.05, 3.63) is 29.8 Å². The molecule has 1 aromatic rings. The standard InChI is InChI=1S/C17H25N3O4/c1-11(2)23-16(22)19-17(5,6)13(4)20-24-15(21)18-14-9-7-12(3)8-10-14/h7-11H,1-6H3,(H,18,21)(H,19,22)/b20-13+. The fraction of sp³-hybridized carbons (Fsp3) is 0.471. The van der Waals surface area contributed by atoms with E-state index in [9.17, 15) is 9.59 Å². The summed E-state index contributed by atoms with van der Waals surface area (Å²) in [6, 6.07) is 7.27. The number of nitrogens with zero attached hydrogens (tertiary/aromatic N) is 1. The third-order valence-corrected chi connectivity index (χ3v) is 3.23. The van der Waals surface area contributed by atoms with Gasteiger partial charge >= 0.3 is 12.2 Å². The van der Waals surface area contributed by atoms with E-state index in [0.717, 1.165) is 5.56 Å². The van der Waals surface area contributed by atoms with E-state index in [1.807, 2.05) is 19.1 Å². The number of hydrogen-bond donors (Lipinski definition) is 2. The Morgan fingerprint density at radius 1 is 1.12 bits per heavy atom. The summed E-state index contributed by atoms with van der Waals surface area (Å²) in [6.45, 7) is 10.6. The largest absolute Gasteiger partial charge is 0.447 e. The molecular formula is C17H25N3O4. The van der Waals surface area contributed by atoms with E-state index in [4.69, 9.17) is 9.57 Å². The topological polar surface area (TPSA) is 89.0 Å². The number of hydrogen-bond acceptors (Lipinski definition) is 5. The van der Waals surface area contributed by atoms with Gasteiger partial charge in [0.25, 0.3) is 0 Å². The Kier molecular flexibility index (Phi) is 6.76. The molecule has 0 radical (unpaired) electrons. The molecule has 0 aliphatic heterocycles. The van der Waals surface area contributed by atoms with Gasteiger partial charge in [0.15, 0.2) is 0 Å². The van der Waals surface area contributed by atoms with Crippen LogP contribution < -0.4 is 10.6 Å². The van der Waals surface area contributed by atoms with Gasteiger partial charge in [0.2, 0.25) is 0 Å². The number of rotatable bonds is 5. The molecule has 24 heavy (non-hydrogen) atoms. The van der Waals surface area contributed by atoms with Gasteiger partial charge in [-0.1, -0.05) is 22.9 Å². The Labute approximate surface area is 142 Å². The fourth-order valence-corrected chi connectivity index (χ4v) is 1.59. The predicted octanol–water partition coefficient (Wildman–Crippen LogP) is 3.83. The van der Waals surface area contributed by atoms with Crippen LogP contribution in [0.3, 0.4) is 0 Å². The van der Waals surface area contributed by atoms with Gasteiger partial charge in [0.05, 0.1) is 17.4 Å². The lowest BCUT2D eigenvalue weighted by Gasteiger charge is -2.25. The van der Waals surface area contributed by atoms with Crippen LogP contribution in [0.15, 0.2) is 29.4 Å². The number of aryl methyl sites for hydroxylation is 1. The van der Waals surface area contributed by atoms with Gasteiger partial charge in [-0.05, 0) is 53.7 Å². The Morgan fingerprint density at radius 3 is 2.25 bits per heavy atom. The highest BCUT2D eigenvalue weighted by atomic mass is 16.7. The van der Waals surface area contributed by atoms with Crippen LogP contribution in [0.25, 0.3) is 0 Å². The third kappa shape index (κ3) is 6.68. The molecule has 0 aromatic heterocycles. The molecule has 2 N–H and O–H groups in total. The van der Waals surface area contributed by atoms with Crippen LogP contribution in [0.2, 0.25) is 0 Å². The number of carbonyl (C=O) groups excluding carboxylic acids is 2. The summed E-state index contributed by atoms with van der Waals surface area (Å²) in [4.78, 5) is 28.2. The van der Waals surface area contributed by atoms with Crippen LogP contribution in [0.5, 0.6) is 0 Å². The Hall–Kier alpha value is -2.57. The van der Waals surface area contributed by atoms with E-state index in [0.29, 0.717) is 11.4 Å². The van der Waals surface area contributed by atoms with Crippen molar-refractivity contribution in [2.75, 3.05) is 5.32 Å². The molecule has 0 heterocycles. The van der Waals surface area contributed by atoms with Crippen molar-refractivity contribution >= 4 is 23.6 Å². The molecular weight excluding hydrogens is 310 g/mol. The monoisotopic (exact) mass is 335 g/mol. The lowest BCUT2D eigenvalue weighted by Crippen LogP contribution is -2.49. The van der Waals surface area contributed by atoms with Gasteiger partial charge in [-0.25, -0.2) is 9.59 Å². The van der Waals surface area contributed by atoms with Crippen molar-refractivity contribution < 1.29 is 19.2 Å². The van der Waals surface area contributed by atoms with Crippen LogP contribution in [0.4, 0.5) is 15.3 Å². The molecule has 132 valence electrons. The maximum absolute atomic E-state index is 11.7. The van der Waals surface area contributed by atoms with Crippen LogP contribution >= 0.6 is 0 Å². The maximum Gasteiger partial charge on any atom is 0.437 e. The molecule has 7 nitrogen and oxygen atoms in total. The Balaban J connectivity index is 2.59. The van der Waals surface area contributed by atoms with Crippen LogP contribution in [0, 0.1) is 6.92 Å². The molecule has 0 aliphatic carbocycles. The van der Waals surface area contributed by atoms with E-state index in [-0.39, 0.29) is 6.10 Å². The fourth-order valence-electron chi connectivity index (χ4n) is 1.59. The zero-order valence-electron chi connectivity index (χ0n) is 15.0. The normalized spacial score (nSPS) is 11.9. The maximum atomic E-state index is 11.7. The third-order valence-electron chi connectivity index (χ3n) is 3.23. The van der Waals surface area contributed by atoms with Crippen molar-refractivity contribution in [1.82, 2.24) is 5.32 Å². The van der Waals surface area contributed by atoms with Crippen molar-refractivity contribution in [2.24, 2.45) is 5.16 Å². The van der Waals surface area contributed by atoms with Gasteiger partial charge in [0.1, 0.15) is 0 Å². The quantitative estimate of drug-likeness (QED) is 0.486. The molecule has 0 unspecified atom stereocenters. The van der Waals surface area contributed by atoms with Crippen molar-refractivity contribution in [3.8, 4) is 0 Å². The average Bonchev–Trinajstić information content (AvgIpc) is 2.45. The number of alkyl carbamates (subject to hydrolysis) is 1. The summed E-state index contributed by atoms with van der Waals surface area (Å²) < 4.78 is 5.03. The van der Waals surface area contributed by atoms with E-state index in [2.05, 4.69) is 15.8 Å². The molecule has 0 bridgehead atoms. The molecule has 1 aromatic carbocycles. The first kappa shape index (κ1) is 19.5. The van der Waals surface area contributed by atoms with Crippen LogP contribution in [-0.2, 0) is 9.57 Å². The van der Waals surface area contributed by atoms with Gasteiger partial charge in [0, 0.05) is 5.69 Å². The second-order valence-corrected chi connectivity index (χ2v) is 6.25. The second kappa shape index (κ2) is 8.33. The summed E-state index contributed by atoms with van der Waals surface area (Å²) in [5.74, 6) is 0. The van der Waals surface area contributed by atoms with Crippen molar-refractivity contribution in [2.45, 2.75) is 53.2 Å². The number of oxime groups is 1. The van der Waals surface area contributed by atoms with Crippen molar-refractivity contribution in [3.63, 3.8) is 0 Å². The van der Waals surface area contributed by atoms with Crippen LogP contribution in [-0.4, -0.2) is 29.5 Å². The molecule has 7 heteroatoms. The summed E-state index contributed by atoms with van der Waals surface area (Å²) >= 11 is 0. The van der Waals surface area contributed by atoms with E-state index < -0.39 is 17.7 Å². The van der Waals surface area contributed by atoms with Gasteiger partial charge in [-0.3, -0.25) is 10.2 Å². The number of carbonyl (C=O) groups is 2. The number of ether oxygens (including phenoxy) is 1. The Bertz CT molecular complexity index is 607. The first-order valence-electron chi connectivity index (χ1n) is 7.68. The molecule has 0 fully saturated rings. The minimum atomic E-state index is -0.823. The first-order chi connectivity index (χ1) is 11.1. The van der Waals surface area contributed by atoms with E-state index in [1.165, 1.54) is 0 Å². The van der Waals surface area contributed by atoms with E-state index >= 15 is 0 Å². The lowest BCUT2D eigenvalue weighted by molar-refractivity contribution is 0.111. The minimum Gasteiger partial charge on any atom is -0.447 e. The predicted molar refractivity (Wildman–Crippen MR) is 93.2 cm³/mol. The SMILES string of the molecule is C/C(=N\OC(=O)Nc1ccc(C)cc1)C(C)(C)NC(=O)OC(C)C. The molecule has 0 spiro atoms. The molecule has 0 saturated carbocycles. The highest BCUT2D eigenvalue weighted by molar-refractivity contribution is 5.94. The number of benzene rings is 1. The molecule has 0 saturated heterocycles. The summed E-state index contributed by atoms with van der Waals surface area (Å²) in [7, 11) is 0. The average molecular weight is 335 g/mol. The van der Waals surface area contributed by atoms with Gasteiger partial charge < -0.3 is 10.1 Å². The highest BCUT2D eigenvalue weighted by Gasteiger charge is 2.26. The smallest absolute Gasteiger partial charge is 0.437 e. The Morgan fingerprint density at radius 2 is 1.71 bits per heavy atom. The zero-order chi connectivity index (χ0) is 18.3. The summed E-state index contributed by atoms with van der Waals surface area (Å²) in [6.07, 6.45) is -1.50. The minimum absolute atomic E-state index is 0.227. The molecule has 0 aliphatic rings. The highest BCUT2D eigenvalue weighted by Crippen LogP contribution is 2.10. The van der Waals surface area contributed by atoms with Crippen LogP contribution in [0.1, 0.15) is 40.2 Å². The first-order valence-corrected chi connectivity index (χ1v) is 7.68. The van der Waals surface area contributed by atoms with Crippen molar-refractivity contribution in [1.29, 1.82) is 0 Å². The number of amides is 2. The lowest BCUT2D eigenvalue weighted by atomic mass is 10.0. The zero-order valence-corrected chi connectivity index (χ0v) is 15.0. The number of anilines is 1. The van der Waals surface area contributed by atoms with Gasteiger partial charge in [-0.15, -0.1) is 0 Å². The second-order valence-electron chi connectivity index (χ2n) is 6.25. The van der Waals surface area contributed by atoms with E-state index in [1.54, 1.807) is 46.8 Å². The number of nitrogens with one attached hydrogen (secondary N) is 2. The van der Waals surface area contributed by atoms with Gasteiger partial charge in [-0.2, -0.15) is 0 Å². The summed E-state index contributed by atoms with van der Waals surface area (Å²) in [5, 5.41) is 9.00. The summed E-state index contributed by atoms with van der Waals surface area (Å²) in [5.41, 5.74) is 1.29.